The SMILES string of the molecule is CC.O=C(c1ccc(C#Cc2ccccc2)cc1)N1CC(O)(c2cccs2)C1. The van der Waals surface area contributed by atoms with Crippen LogP contribution in [0.1, 0.15) is 40.2 Å². The van der Waals surface area contributed by atoms with Crippen LogP contribution >= 0.6 is 11.3 Å². The minimum Gasteiger partial charge on any atom is -0.381 e. The van der Waals surface area contributed by atoms with Crippen molar-refractivity contribution in [2.45, 2.75) is 19.4 Å². The Morgan fingerprint density at radius 3 is 2.11 bits per heavy atom. The van der Waals surface area contributed by atoms with E-state index in [0.29, 0.717) is 18.7 Å². The van der Waals surface area contributed by atoms with Crippen molar-refractivity contribution < 1.29 is 9.90 Å². The lowest BCUT2D eigenvalue weighted by Gasteiger charge is -2.45. The smallest absolute Gasteiger partial charge is 0.254 e. The number of carbonyl (C=O) groups excluding carboxylic acids is 1. The van der Waals surface area contributed by atoms with E-state index in [1.54, 1.807) is 17.0 Å². The van der Waals surface area contributed by atoms with Gasteiger partial charge in [-0.1, -0.05) is 50.0 Å². The first kappa shape index (κ1) is 19.9. The number of amides is 1. The maximum Gasteiger partial charge on any atom is 0.254 e. The van der Waals surface area contributed by atoms with Gasteiger partial charge in [0.2, 0.25) is 0 Å². The van der Waals surface area contributed by atoms with Crippen molar-refractivity contribution >= 4 is 17.2 Å². The Kier molecular flexibility index (Phi) is 6.30. The molecule has 4 heteroatoms. The molecule has 142 valence electrons. The molecule has 0 saturated carbocycles. The lowest BCUT2D eigenvalue weighted by atomic mass is 9.91. The minimum absolute atomic E-state index is 0.0613. The molecule has 1 N–H and O–H groups in total. The number of nitrogens with zero attached hydrogens (tertiary/aromatic N) is 1. The standard InChI is InChI=1S/C22H17NO2S.C2H6/c24-21(23-15-22(25,16-23)20-7-4-14-26-20)19-12-10-18(11-13-19)9-8-17-5-2-1-3-6-17;1-2/h1-7,10-14,25H,15-16H2;1-2H3. The highest BCUT2D eigenvalue weighted by Crippen LogP contribution is 2.35. The lowest BCUT2D eigenvalue weighted by Crippen LogP contribution is -2.60. The molecule has 3 nitrogen and oxygen atoms in total. The largest absolute Gasteiger partial charge is 0.381 e. The summed E-state index contributed by atoms with van der Waals surface area (Å²) >= 11 is 1.52. The minimum atomic E-state index is -0.898. The molecule has 1 saturated heterocycles. The fourth-order valence-electron chi connectivity index (χ4n) is 2.97. The number of hydrogen-bond acceptors (Lipinski definition) is 3. The zero-order valence-corrected chi connectivity index (χ0v) is 16.9. The van der Waals surface area contributed by atoms with Crippen molar-refractivity contribution in [3.63, 3.8) is 0 Å². The predicted octanol–water partition coefficient (Wildman–Crippen LogP) is 4.52. The number of β-amino-alcohol motifs (C(OH)–C–C–N with tert-alkyl or cyclic N) is 1. The number of carbonyl (C=O) groups is 1. The molecule has 0 bridgehead atoms. The van der Waals surface area contributed by atoms with Crippen molar-refractivity contribution in [1.82, 2.24) is 4.90 Å². The quantitative estimate of drug-likeness (QED) is 0.655. The van der Waals surface area contributed by atoms with E-state index in [1.165, 1.54) is 11.3 Å². The van der Waals surface area contributed by atoms with Crippen LogP contribution in [0.4, 0.5) is 0 Å². The fourth-order valence-corrected chi connectivity index (χ4v) is 3.78. The highest BCUT2D eigenvalue weighted by atomic mass is 32.1. The molecule has 0 spiro atoms. The van der Waals surface area contributed by atoms with Gasteiger partial charge in [-0.25, -0.2) is 0 Å². The van der Waals surface area contributed by atoms with Gasteiger partial charge in [0, 0.05) is 21.6 Å². The van der Waals surface area contributed by atoms with Crippen LogP contribution in [0.15, 0.2) is 72.1 Å². The molecule has 0 aliphatic carbocycles. The monoisotopic (exact) mass is 389 g/mol. The normalized spacial score (nSPS) is 14.0. The van der Waals surface area contributed by atoms with E-state index in [9.17, 15) is 9.90 Å². The highest BCUT2D eigenvalue weighted by Gasteiger charge is 2.45. The van der Waals surface area contributed by atoms with Crippen LogP contribution in [-0.4, -0.2) is 29.0 Å². The van der Waals surface area contributed by atoms with Gasteiger partial charge in [0.15, 0.2) is 0 Å². The fraction of sp³-hybridized carbons (Fsp3) is 0.208. The third-order valence-corrected chi connectivity index (χ3v) is 5.49. The Balaban J connectivity index is 0.00000109. The van der Waals surface area contributed by atoms with Gasteiger partial charge in [0.1, 0.15) is 5.60 Å². The zero-order chi connectivity index (χ0) is 20.0. The number of hydrogen-bond donors (Lipinski definition) is 1. The van der Waals surface area contributed by atoms with Crippen LogP contribution in [0, 0.1) is 11.8 Å². The molecule has 2 aromatic carbocycles. The van der Waals surface area contributed by atoms with Gasteiger partial charge in [-0.05, 0) is 47.8 Å². The Morgan fingerprint density at radius 1 is 0.929 bits per heavy atom. The molecular formula is C24H23NO2S. The summed E-state index contributed by atoms with van der Waals surface area (Å²) < 4.78 is 0. The Labute approximate surface area is 170 Å². The molecule has 28 heavy (non-hydrogen) atoms. The summed E-state index contributed by atoms with van der Waals surface area (Å²) in [7, 11) is 0. The van der Waals surface area contributed by atoms with E-state index in [0.717, 1.165) is 16.0 Å². The first-order valence-electron chi connectivity index (χ1n) is 9.37. The molecule has 0 unspecified atom stereocenters. The van der Waals surface area contributed by atoms with E-state index in [4.69, 9.17) is 0 Å². The number of rotatable bonds is 2. The van der Waals surface area contributed by atoms with Gasteiger partial charge >= 0.3 is 0 Å². The third-order valence-electron chi connectivity index (χ3n) is 4.43. The second-order valence-corrected chi connectivity index (χ2v) is 7.31. The zero-order valence-electron chi connectivity index (χ0n) is 16.1. The second kappa shape index (κ2) is 8.88. The first-order chi connectivity index (χ1) is 13.6. The van der Waals surface area contributed by atoms with Crippen LogP contribution in [0.3, 0.4) is 0 Å². The van der Waals surface area contributed by atoms with Crippen molar-refractivity contribution in [1.29, 1.82) is 0 Å². The number of aliphatic hydroxyl groups is 1. The Morgan fingerprint density at radius 2 is 1.54 bits per heavy atom. The Bertz CT molecular complexity index is 961. The van der Waals surface area contributed by atoms with Crippen LogP contribution in [-0.2, 0) is 5.60 Å². The van der Waals surface area contributed by atoms with Crippen molar-refractivity contribution in [3.05, 3.63) is 93.7 Å². The third kappa shape index (κ3) is 4.33. The summed E-state index contributed by atoms with van der Waals surface area (Å²) in [5.41, 5.74) is 1.54. The Hall–Kier alpha value is -2.87. The van der Waals surface area contributed by atoms with Crippen LogP contribution in [0.5, 0.6) is 0 Å². The maximum absolute atomic E-state index is 12.6. The number of likely N-dealkylation sites (tertiary alicyclic amines) is 1. The van der Waals surface area contributed by atoms with E-state index in [-0.39, 0.29) is 5.91 Å². The summed E-state index contributed by atoms with van der Waals surface area (Å²) in [6.07, 6.45) is 0. The van der Waals surface area contributed by atoms with Gasteiger partial charge in [-0.3, -0.25) is 4.79 Å². The molecule has 4 rings (SSSR count). The van der Waals surface area contributed by atoms with E-state index in [2.05, 4.69) is 11.8 Å². The molecule has 1 aromatic heterocycles. The van der Waals surface area contributed by atoms with Crippen LogP contribution < -0.4 is 0 Å². The average molecular weight is 390 g/mol. The molecule has 1 amide bonds. The molecular weight excluding hydrogens is 366 g/mol. The summed E-state index contributed by atoms with van der Waals surface area (Å²) in [5.74, 6) is 6.14. The molecule has 2 heterocycles. The van der Waals surface area contributed by atoms with E-state index in [1.807, 2.05) is 73.8 Å². The van der Waals surface area contributed by atoms with Gasteiger partial charge in [0.05, 0.1) is 13.1 Å². The molecule has 1 fully saturated rings. The van der Waals surface area contributed by atoms with Crippen molar-refractivity contribution in [2.24, 2.45) is 0 Å². The highest BCUT2D eigenvalue weighted by molar-refractivity contribution is 7.10. The average Bonchev–Trinajstić information content (AvgIpc) is 3.27. The summed E-state index contributed by atoms with van der Waals surface area (Å²) in [6.45, 7) is 4.67. The van der Waals surface area contributed by atoms with Gasteiger partial charge < -0.3 is 10.0 Å². The lowest BCUT2D eigenvalue weighted by molar-refractivity contribution is -0.0838. The number of benzene rings is 2. The van der Waals surface area contributed by atoms with Crippen molar-refractivity contribution in [3.8, 4) is 11.8 Å². The molecule has 0 radical (unpaired) electrons. The summed E-state index contributed by atoms with van der Waals surface area (Å²) in [4.78, 5) is 15.1. The topological polar surface area (TPSA) is 40.5 Å². The summed E-state index contributed by atoms with van der Waals surface area (Å²) in [6, 6.07) is 20.9. The van der Waals surface area contributed by atoms with E-state index < -0.39 is 5.60 Å². The van der Waals surface area contributed by atoms with Gasteiger partial charge in [-0.15, -0.1) is 11.3 Å². The van der Waals surface area contributed by atoms with Crippen molar-refractivity contribution in [2.75, 3.05) is 13.1 Å². The predicted molar refractivity (Wildman–Crippen MR) is 114 cm³/mol. The molecule has 3 aromatic rings. The first-order valence-corrected chi connectivity index (χ1v) is 10.2. The number of thiophene rings is 1. The van der Waals surface area contributed by atoms with Crippen LogP contribution in [0.25, 0.3) is 0 Å². The maximum atomic E-state index is 12.6. The molecule has 1 aliphatic heterocycles. The van der Waals surface area contributed by atoms with Crippen LogP contribution in [0.2, 0.25) is 0 Å². The van der Waals surface area contributed by atoms with Gasteiger partial charge in [-0.2, -0.15) is 0 Å². The van der Waals surface area contributed by atoms with Gasteiger partial charge in [0.25, 0.3) is 5.91 Å². The molecule has 0 atom stereocenters. The molecule has 1 aliphatic rings. The van der Waals surface area contributed by atoms with E-state index >= 15 is 0 Å². The summed E-state index contributed by atoms with van der Waals surface area (Å²) in [5, 5.41) is 12.5. The second-order valence-electron chi connectivity index (χ2n) is 6.36.